The molecule has 1 heterocycles. The largest absolute Gasteiger partial charge is 0.353 e. The molecule has 0 aromatic carbocycles. The lowest BCUT2D eigenvalue weighted by Crippen LogP contribution is -2.56. The van der Waals surface area contributed by atoms with Crippen molar-refractivity contribution < 1.29 is 4.79 Å². The van der Waals surface area contributed by atoms with Gasteiger partial charge in [0.15, 0.2) is 0 Å². The first-order valence-corrected chi connectivity index (χ1v) is 4.90. The molecule has 1 aliphatic rings. The number of carbonyl (C=O) groups excluding carboxylic acids is 1. The maximum absolute atomic E-state index is 11.3. The van der Waals surface area contributed by atoms with Gasteiger partial charge in [-0.25, -0.2) is 0 Å². The van der Waals surface area contributed by atoms with E-state index in [1.807, 2.05) is 6.92 Å². The molecule has 4 heteroatoms. The van der Waals surface area contributed by atoms with Crippen LogP contribution in [0.3, 0.4) is 0 Å². The summed E-state index contributed by atoms with van der Waals surface area (Å²) < 4.78 is 0. The molecule has 0 bridgehead atoms. The predicted octanol–water partition coefficient (Wildman–Crippen LogP) is -0.456. The number of hydrogen-bond acceptors (Lipinski definition) is 3. The summed E-state index contributed by atoms with van der Waals surface area (Å²) in [4.78, 5) is 13.5. The van der Waals surface area contributed by atoms with E-state index in [0.29, 0.717) is 12.6 Å². The van der Waals surface area contributed by atoms with Crippen LogP contribution in [0, 0.1) is 0 Å². The van der Waals surface area contributed by atoms with Gasteiger partial charge in [0, 0.05) is 19.1 Å². The van der Waals surface area contributed by atoms with Crippen molar-refractivity contribution in [2.24, 2.45) is 5.73 Å². The maximum Gasteiger partial charge on any atom is 0.237 e. The third-order valence-corrected chi connectivity index (χ3v) is 2.70. The van der Waals surface area contributed by atoms with Crippen molar-refractivity contribution in [3.63, 3.8) is 0 Å². The Morgan fingerprint density at radius 3 is 3.08 bits per heavy atom. The Labute approximate surface area is 79.5 Å². The number of nitrogens with one attached hydrogen (secondary N) is 1. The van der Waals surface area contributed by atoms with E-state index in [0.717, 1.165) is 19.5 Å². The second-order valence-electron chi connectivity index (χ2n) is 3.63. The number of carbonyl (C=O) groups is 1. The molecule has 76 valence electrons. The van der Waals surface area contributed by atoms with Gasteiger partial charge in [-0.1, -0.05) is 0 Å². The Hall–Kier alpha value is -0.610. The van der Waals surface area contributed by atoms with Crippen molar-refractivity contribution in [3.8, 4) is 0 Å². The van der Waals surface area contributed by atoms with Gasteiger partial charge >= 0.3 is 0 Å². The number of nitrogens with two attached hydrogens (primary N) is 1. The molecule has 1 fully saturated rings. The van der Waals surface area contributed by atoms with Crippen molar-refractivity contribution in [2.75, 3.05) is 19.6 Å². The molecule has 0 aliphatic carbocycles. The molecule has 0 aromatic rings. The number of rotatable bonds is 3. The molecule has 4 nitrogen and oxygen atoms in total. The van der Waals surface area contributed by atoms with Crippen molar-refractivity contribution in [1.29, 1.82) is 0 Å². The Morgan fingerprint density at radius 1 is 1.77 bits per heavy atom. The highest BCUT2D eigenvalue weighted by Gasteiger charge is 2.28. The Bertz CT molecular complexity index is 184. The summed E-state index contributed by atoms with van der Waals surface area (Å²) in [6, 6.07) is 0.404. The lowest BCUT2D eigenvalue weighted by Gasteiger charge is -2.37. The molecule has 1 rings (SSSR count). The van der Waals surface area contributed by atoms with Crippen LogP contribution >= 0.6 is 0 Å². The van der Waals surface area contributed by atoms with Gasteiger partial charge in [0.05, 0.1) is 6.04 Å². The Kier molecular flexibility index (Phi) is 3.69. The van der Waals surface area contributed by atoms with Crippen LogP contribution in [-0.2, 0) is 4.79 Å². The van der Waals surface area contributed by atoms with Gasteiger partial charge in [0.2, 0.25) is 5.91 Å². The van der Waals surface area contributed by atoms with Gasteiger partial charge in [-0.2, -0.15) is 0 Å². The SMILES string of the molecule is CC(CCN)N1CCNC(=O)C1C. The minimum atomic E-state index is -0.00435. The molecule has 3 N–H and O–H groups in total. The molecule has 1 saturated heterocycles. The average Bonchev–Trinajstić information content (AvgIpc) is 2.10. The van der Waals surface area contributed by atoms with E-state index in [9.17, 15) is 4.79 Å². The third-order valence-electron chi connectivity index (χ3n) is 2.70. The standard InChI is InChI=1S/C9H19N3O/c1-7(3-4-10)12-6-5-11-9(13)8(12)2/h7-8H,3-6,10H2,1-2H3,(H,11,13). The summed E-state index contributed by atoms with van der Waals surface area (Å²) in [7, 11) is 0. The van der Waals surface area contributed by atoms with Crippen LogP contribution in [0.5, 0.6) is 0 Å². The summed E-state index contributed by atoms with van der Waals surface area (Å²) in [5, 5.41) is 2.85. The van der Waals surface area contributed by atoms with Crippen LogP contribution < -0.4 is 11.1 Å². The molecule has 0 saturated carbocycles. The Balaban J connectivity index is 2.51. The van der Waals surface area contributed by atoms with Gasteiger partial charge < -0.3 is 11.1 Å². The van der Waals surface area contributed by atoms with Crippen LogP contribution in [0.1, 0.15) is 20.3 Å². The van der Waals surface area contributed by atoms with Crippen molar-refractivity contribution in [2.45, 2.75) is 32.4 Å². The average molecular weight is 185 g/mol. The van der Waals surface area contributed by atoms with E-state index < -0.39 is 0 Å². The maximum atomic E-state index is 11.3. The zero-order valence-electron chi connectivity index (χ0n) is 8.42. The smallest absolute Gasteiger partial charge is 0.237 e. The number of hydrogen-bond donors (Lipinski definition) is 2. The zero-order valence-corrected chi connectivity index (χ0v) is 8.42. The molecule has 2 unspecified atom stereocenters. The lowest BCUT2D eigenvalue weighted by molar-refractivity contribution is -0.129. The first-order valence-electron chi connectivity index (χ1n) is 4.90. The zero-order chi connectivity index (χ0) is 9.84. The normalized spacial score (nSPS) is 27.0. The lowest BCUT2D eigenvalue weighted by atomic mass is 10.1. The molecule has 0 radical (unpaired) electrons. The summed E-state index contributed by atoms with van der Waals surface area (Å²) in [6.45, 7) is 6.46. The number of amides is 1. The van der Waals surface area contributed by atoms with E-state index in [2.05, 4.69) is 17.1 Å². The summed E-state index contributed by atoms with van der Waals surface area (Å²) in [5.41, 5.74) is 5.49. The van der Waals surface area contributed by atoms with Crippen molar-refractivity contribution in [3.05, 3.63) is 0 Å². The Morgan fingerprint density at radius 2 is 2.46 bits per heavy atom. The quantitative estimate of drug-likeness (QED) is 0.626. The fourth-order valence-electron chi connectivity index (χ4n) is 1.81. The first-order chi connectivity index (χ1) is 6.16. The molecule has 13 heavy (non-hydrogen) atoms. The highest BCUT2D eigenvalue weighted by atomic mass is 16.2. The van der Waals surface area contributed by atoms with E-state index in [1.165, 1.54) is 0 Å². The van der Waals surface area contributed by atoms with Crippen LogP contribution in [0.4, 0.5) is 0 Å². The molecule has 1 amide bonds. The summed E-state index contributed by atoms with van der Waals surface area (Å²) in [5.74, 6) is 0.134. The summed E-state index contributed by atoms with van der Waals surface area (Å²) >= 11 is 0. The van der Waals surface area contributed by atoms with E-state index in [4.69, 9.17) is 5.73 Å². The second kappa shape index (κ2) is 4.58. The minimum Gasteiger partial charge on any atom is -0.353 e. The van der Waals surface area contributed by atoms with E-state index >= 15 is 0 Å². The number of piperazine rings is 1. The van der Waals surface area contributed by atoms with Crippen LogP contribution in [-0.4, -0.2) is 42.5 Å². The highest BCUT2D eigenvalue weighted by molar-refractivity contribution is 5.82. The van der Waals surface area contributed by atoms with Gasteiger partial charge in [-0.05, 0) is 26.8 Å². The molecule has 2 atom stereocenters. The van der Waals surface area contributed by atoms with E-state index in [1.54, 1.807) is 0 Å². The predicted molar refractivity (Wildman–Crippen MR) is 52.3 cm³/mol. The van der Waals surface area contributed by atoms with Gasteiger partial charge in [-0.15, -0.1) is 0 Å². The van der Waals surface area contributed by atoms with Gasteiger partial charge in [0.25, 0.3) is 0 Å². The minimum absolute atomic E-state index is 0.00435. The summed E-state index contributed by atoms with van der Waals surface area (Å²) in [6.07, 6.45) is 0.956. The fraction of sp³-hybridized carbons (Fsp3) is 0.889. The van der Waals surface area contributed by atoms with Crippen LogP contribution in [0.15, 0.2) is 0 Å². The third kappa shape index (κ3) is 2.42. The van der Waals surface area contributed by atoms with Crippen LogP contribution in [0.2, 0.25) is 0 Å². The van der Waals surface area contributed by atoms with E-state index in [-0.39, 0.29) is 11.9 Å². The topological polar surface area (TPSA) is 58.4 Å². The molecule has 1 aliphatic heterocycles. The fourth-order valence-corrected chi connectivity index (χ4v) is 1.81. The molecule has 0 spiro atoms. The van der Waals surface area contributed by atoms with Gasteiger partial charge in [0.1, 0.15) is 0 Å². The van der Waals surface area contributed by atoms with Crippen molar-refractivity contribution >= 4 is 5.91 Å². The molecule has 0 aromatic heterocycles. The first kappa shape index (κ1) is 10.5. The highest BCUT2D eigenvalue weighted by Crippen LogP contribution is 2.10. The monoisotopic (exact) mass is 185 g/mol. The molecular formula is C9H19N3O. The second-order valence-corrected chi connectivity index (χ2v) is 3.63. The van der Waals surface area contributed by atoms with Crippen molar-refractivity contribution in [1.82, 2.24) is 10.2 Å². The van der Waals surface area contributed by atoms with Crippen LogP contribution in [0.25, 0.3) is 0 Å². The van der Waals surface area contributed by atoms with Gasteiger partial charge in [-0.3, -0.25) is 9.69 Å². The molecular weight excluding hydrogens is 166 g/mol. The number of nitrogens with zero attached hydrogens (tertiary/aromatic N) is 1.